The maximum Gasteiger partial charge on any atom is 0.251 e. The van der Waals surface area contributed by atoms with Gasteiger partial charge in [0.2, 0.25) is 5.91 Å². The van der Waals surface area contributed by atoms with E-state index < -0.39 is 0 Å². The Morgan fingerprint density at radius 1 is 1.29 bits per heavy atom. The standard InChI is InChI=1S/C15H22N4O2/c1-17-15(21)11-4-5-12(16)13(10-11)18-7-6-14(20)19-8-2-3-9-19/h4-5,10,18H,2-3,6-9,16H2,1H3,(H,17,21). The van der Waals surface area contributed by atoms with E-state index in [1.165, 1.54) is 0 Å². The van der Waals surface area contributed by atoms with E-state index in [1.807, 2.05) is 4.90 Å². The summed E-state index contributed by atoms with van der Waals surface area (Å²) in [5, 5.41) is 5.71. The van der Waals surface area contributed by atoms with Crippen molar-refractivity contribution in [1.82, 2.24) is 10.2 Å². The molecule has 1 aromatic carbocycles. The molecule has 0 aliphatic carbocycles. The molecule has 1 saturated heterocycles. The Morgan fingerprint density at radius 2 is 2.00 bits per heavy atom. The number of hydrogen-bond donors (Lipinski definition) is 3. The van der Waals surface area contributed by atoms with Crippen molar-refractivity contribution in [2.45, 2.75) is 19.3 Å². The number of amides is 2. The van der Waals surface area contributed by atoms with Gasteiger partial charge in [-0.1, -0.05) is 0 Å². The second kappa shape index (κ2) is 6.97. The quantitative estimate of drug-likeness (QED) is 0.707. The van der Waals surface area contributed by atoms with Crippen LogP contribution in [-0.2, 0) is 4.79 Å². The molecule has 0 saturated carbocycles. The summed E-state index contributed by atoms with van der Waals surface area (Å²) in [6.07, 6.45) is 2.63. The molecular weight excluding hydrogens is 268 g/mol. The van der Waals surface area contributed by atoms with Crippen molar-refractivity contribution in [1.29, 1.82) is 0 Å². The van der Waals surface area contributed by atoms with E-state index in [0.29, 0.717) is 29.9 Å². The van der Waals surface area contributed by atoms with E-state index >= 15 is 0 Å². The molecule has 1 aliphatic rings. The number of likely N-dealkylation sites (tertiary alicyclic amines) is 1. The highest BCUT2D eigenvalue weighted by molar-refractivity contribution is 5.96. The van der Waals surface area contributed by atoms with Crippen LogP contribution in [0.2, 0.25) is 0 Å². The van der Waals surface area contributed by atoms with Crippen molar-refractivity contribution in [3.8, 4) is 0 Å². The van der Waals surface area contributed by atoms with Crippen molar-refractivity contribution in [2.24, 2.45) is 0 Å². The summed E-state index contributed by atoms with van der Waals surface area (Å²) < 4.78 is 0. The van der Waals surface area contributed by atoms with Gasteiger partial charge in [-0.2, -0.15) is 0 Å². The number of hydrogen-bond acceptors (Lipinski definition) is 4. The van der Waals surface area contributed by atoms with Gasteiger partial charge in [0.1, 0.15) is 0 Å². The van der Waals surface area contributed by atoms with Gasteiger partial charge >= 0.3 is 0 Å². The molecule has 0 bridgehead atoms. The van der Waals surface area contributed by atoms with Gasteiger partial charge in [-0.05, 0) is 31.0 Å². The monoisotopic (exact) mass is 290 g/mol. The fraction of sp³-hybridized carbons (Fsp3) is 0.467. The van der Waals surface area contributed by atoms with E-state index in [0.717, 1.165) is 25.9 Å². The topological polar surface area (TPSA) is 87.5 Å². The molecule has 0 radical (unpaired) electrons. The van der Waals surface area contributed by atoms with Crippen molar-refractivity contribution in [3.63, 3.8) is 0 Å². The third-order valence-corrected chi connectivity index (χ3v) is 3.66. The molecule has 2 rings (SSSR count). The second-order valence-corrected chi connectivity index (χ2v) is 5.15. The summed E-state index contributed by atoms with van der Waals surface area (Å²) in [5.74, 6) is 0.00669. The molecule has 6 heteroatoms. The van der Waals surface area contributed by atoms with Crippen LogP contribution in [0, 0.1) is 0 Å². The maximum atomic E-state index is 11.9. The van der Waals surface area contributed by atoms with E-state index in [4.69, 9.17) is 5.73 Å². The zero-order valence-corrected chi connectivity index (χ0v) is 12.3. The zero-order chi connectivity index (χ0) is 15.2. The Bertz CT molecular complexity index is 524. The number of rotatable bonds is 5. The third-order valence-electron chi connectivity index (χ3n) is 3.66. The number of anilines is 2. The molecule has 1 aromatic rings. The highest BCUT2D eigenvalue weighted by atomic mass is 16.2. The molecule has 21 heavy (non-hydrogen) atoms. The Balaban J connectivity index is 1.90. The molecule has 0 spiro atoms. The molecule has 0 unspecified atom stereocenters. The van der Waals surface area contributed by atoms with Crippen molar-refractivity contribution in [2.75, 3.05) is 37.7 Å². The average molecular weight is 290 g/mol. The molecule has 1 aliphatic heterocycles. The molecule has 6 nitrogen and oxygen atoms in total. The van der Waals surface area contributed by atoms with Crippen LogP contribution in [0.15, 0.2) is 18.2 Å². The summed E-state index contributed by atoms with van der Waals surface area (Å²) in [7, 11) is 1.58. The Labute approximate surface area is 124 Å². The lowest BCUT2D eigenvalue weighted by Gasteiger charge is -2.16. The van der Waals surface area contributed by atoms with Gasteiger partial charge in [-0.25, -0.2) is 0 Å². The SMILES string of the molecule is CNC(=O)c1ccc(N)c(NCCC(=O)N2CCCC2)c1. The first-order chi connectivity index (χ1) is 10.1. The van der Waals surface area contributed by atoms with E-state index in [2.05, 4.69) is 10.6 Å². The molecule has 1 heterocycles. The Morgan fingerprint density at radius 3 is 2.67 bits per heavy atom. The maximum absolute atomic E-state index is 11.9. The molecule has 114 valence electrons. The number of carbonyl (C=O) groups is 2. The minimum Gasteiger partial charge on any atom is -0.397 e. The van der Waals surface area contributed by atoms with Crippen molar-refractivity contribution < 1.29 is 9.59 Å². The first kappa shape index (κ1) is 15.2. The first-order valence-electron chi connectivity index (χ1n) is 7.25. The van der Waals surface area contributed by atoms with Gasteiger partial charge in [0.15, 0.2) is 0 Å². The highest BCUT2D eigenvalue weighted by Gasteiger charge is 2.17. The summed E-state index contributed by atoms with van der Waals surface area (Å²) >= 11 is 0. The second-order valence-electron chi connectivity index (χ2n) is 5.15. The first-order valence-corrected chi connectivity index (χ1v) is 7.25. The van der Waals surface area contributed by atoms with Crippen LogP contribution in [0.25, 0.3) is 0 Å². The third kappa shape index (κ3) is 3.87. The molecular formula is C15H22N4O2. The molecule has 2 amide bonds. The number of nitrogens with zero attached hydrogens (tertiary/aromatic N) is 1. The number of benzene rings is 1. The van der Waals surface area contributed by atoms with Crippen LogP contribution in [0.3, 0.4) is 0 Å². The van der Waals surface area contributed by atoms with Crippen molar-refractivity contribution >= 4 is 23.2 Å². The smallest absolute Gasteiger partial charge is 0.251 e. The van der Waals surface area contributed by atoms with Crippen LogP contribution in [0.5, 0.6) is 0 Å². The fourth-order valence-electron chi connectivity index (χ4n) is 2.42. The average Bonchev–Trinajstić information content (AvgIpc) is 3.02. The lowest BCUT2D eigenvalue weighted by molar-refractivity contribution is -0.129. The fourth-order valence-corrected chi connectivity index (χ4v) is 2.42. The minimum absolute atomic E-state index is 0.161. The number of nitrogens with one attached hydrogen (secondary N) is 2. The molecule has 1 fully saturated rings. The Hall–Kier alpha value is -2.24. The Kier molecular flexibility index (Phi) is 5.03. The van der Waals surface area contributed by atoms with Crippen LogP contribution in [0.4, 0.5) is 11.4 Å². The summed E-state index contributed by atoms with van der Waals surface area (Å²) in [6.45, 7) is 2.25. The van der Waals surface area contributed by atoms with Crippen LogP contribution >= 0.6 is 0 Å². The summed E-state index contributed by atoms with van der Waals surface area (Å²) in [4.78, 5) is 25.4. The predicted molar refractivity (Wildman–Crippen MR) is 83.2 cm³/mol. The number of nitrogens with two attached hydrogens (primary N) is 1. The van der Waals surface area contributed by atoms with Gasteiger partial charge < -0.3 is 21.3 Å². The lowest BCUT2D eigenvalue weighted by atomic mass is 10.1. The lowest BCUT2D eigenvalue weighted by Crippen LogP contribution is -2.29. The molecule has 0 aromatic heterocycles. The van der Waals surface area contributed by atoms with Gasteiger partial charge in [-0.3, -0.25) is 9.59 Å². The van der Waals surface area contributed by atoms with Gasteiger partial charge in [0.25, 0.3) is 5.91 Å². The zero-order valence-electron chi connectivity index (χ0n) is 12.3. The molecule has 0 atom stereocenters. The van der Waals surface area contributed by atoms with Crippen LogP contribution < -0.4 is 16.4 Å². The largest absolute Gasteiger partial charge is 0.397 e. The highest BCUT2D eigenvalue weighted by Crippen LogP contribution is 2.20. The molecule has 4 N–H and O–H groups in total. The van der Waals surface area contributed by atoms with E-state index in [9.17, 15) is 9.59 Å². The van der Waals surface area contributed by atoms with Crippen molar-refractivity contribution in [3.05, 3.63) is 23.8 Å². The van der Waals surface area contributed by atoms with Crippen LogP contribution in [0.1, 0.15) is 29.6 Å². The number of nitrogen functional groups attached to an aromatic ring is 1. The predicted octanol–water partition coefficient (Wildman–Crippen LogP) is 1.05. The van der Waals surface area contributed by atoms with E-state index in [-0.39, 0.29) is 11.8 Å². The van der Waals surface area contributed by atoms with Gasteiger partial charge in [-0.15, -0.1) is 0 Å². The van der Waals surface area contributed by atoms with Gasteiger partial charge in [0, 0.05) is 38.7 Å². The van der Waals surface area contributed by atoms with Gasteiger partial charge in [0.05, 0.1) is 11.4 Å². The summed E-state index contributed by atoms with van der Waals surface area (Å²) in [6, 6.07) is 5.07. The number of carbonyl (C=O) groups excluding carboxylic acids is 2. The van der Waals surface area contributed by atoms with E-state index in [1.54, 1.807) is 25.2 Å². The minimum atomic E-state index is -0.161. The normalized spacial score (nSPS) is 14.0. The van der Waals surface area contributed by atoms with Crippen LogP contribution in [-0.4, -0.2) is 43.4 Å². The summed E-state index contributed by atoms with van der Waals surface area (Å²) in [5.41, 5.74) is 7.67.